The van der Waals surface area contributed by atoms with Crippen molar-refractivity contribution < 1.29 is 27.5 Å². The molecule has 2 aromatic rings. The maximum absolute atomic E-state index is 12.8. The van der Waals surface area contributed by atoms with E-state index < -0.39 is 29.6 Å². The van der Waals surface area contributed by atoms with Gasteiger partial charge in [-0.2, -0.15) is 13.2 Å². The van der Waals surface area contributed by atoms with Gasteiger partial charge in [-0.05, 0) is 24.3 Å². The first-order valence-corrected chi connectivity index (χ1v) is 8.34. The molecule has 2 amide bonds. The Labute approximate surface area is 157 Å². The maximum Gasteiger partial charge on any atom is 0.416 e. The summed E-state index contributed by atoms with van der Waals surface area (Å²) < 4.78 is 43.9. The summed E-state index contributed by atoms with van der Waals surface area (Å²) in [5.74, 6) is -1.49. The van der Waals surface area contributed by atoms with Gasteiger partial charge in [-0.3, -0.25) is 9.59 Å². The van der Waals surface area contributed by atoms with E-state index in [4.69, 9.17) is 16.3 Å². The van der Waals surface area contributed by atoms with E-state index in [0.29, 0.717) is 24.8 Å². The van der Waals surface area contributed by atoms with E-state index in [9.17, 15) is 22.8 Å². The minimum atomic E-state index is -4.60. The van der Waals surface area contributed by atoms with Gasteiger partial charge in [0.15, 0.2) is 0 Å². The Balaban J connectivity index is 1.72. The number of para-hydroxylation sites is 1. The molecule has 0 fully saturated rings. The van der Waals surface area contributed by atoms with Gasteiger partial charge in [0.1, 0.15) is 5.75 Å². The molecule has 0 aliphatic carbocycles. The molecule has 0 radical (unpaired) electrons. The van der Waals surface area contributed by atoms with E-state index in [2.05, 4.69) is 10.6 Å². The van der Waals surface area contributed by atoms with E-state index >= 15 is 0 Å². The van der Waals surface area contributed by atoms with E-state index in [1.165, 1.54) is 0 Å². The fourth-order valence-corrected chi connectivity index (χ4v) is 2.86. The monoisotopic (exact) mass is 398 g/mol. The molecule has 1 aliphatic heterocycles. The van der Waals surface area contributed by atoms with Gasteiger partial charge in [-0.15, -0.1) is 0 Å². The molecular formula is C18H14ClF3N2O3. The number of benzene rings is 2. The normalized spacial score (nSPS) is 16.1. The number of carbonyl (C=O) groups excluding carboxylic acids is 2. The van der Waals surface area contributed by atoms with Gasteiger partial charge >= 0.3 is 18.0 Å². The first-order chi connectivity index (χ1) is 12.8. The molecule has 0 aromatic heterocycles. The average Bonchev–Trinajstić information content (AvgIpc) is 2.62. The Morgan fingerprint density at radius 2 is 1.85 bits per heavy atom. The zero-order valence-corrected chi connectivity index (χ0v) is 14.5. The van der Waals surface area contributed by atoms with Gasteiger partial charge in [-0.1, -0.05) is 29.8 Å². The predicted octanol–water partition coefficient (Wildman–Crippen LogP) is 3.94. The van der Waals surface area contributed by atoms with Gasteiger partial charge < -0.3 is 15.4 Å². The number of halogens is 4. The number of nitrogens with one attached hydrogen (secondary N) is 2. The zero-order chi connectivity index (χ0) is 19.6. The summed E-state index contributed by atoms with van der Waals surface area (Å²) in [6.07, 6.45) is -4.14. The zero-order valence-electron chi connectivity index (χ0n) is 13.8. The fourth-order valence-electron chi connectivity index (χ4n) is 2.69. The number of carbonyl (C=O) groups is 2. The lowest BCUT2D eigenvalue weighted by Crippen LogP contribution is -2.39. The van der Waals surface area contributed by atoms with Gasteiger partial charge in [-0.25, -0.2) is 0 Å². The number of ether oxygens (including phenoxy) is 1. The van der Waals surface area contributed by atoms with Crippen molar-refractivity contribution >= 4 is 29.1 Å². The first kappa shape index (κ1) is 19.0. The van der Waals surface area contributed by atoms with Crippen molar-refractivity contribution in [2.24, 2.45) is 0 Å². The number of hydrogen-bond donors (Lipinski definition) is 2. The third kappa shape index (κ3) is 4.33. The lowest BCUT2D eigenvalue weighted by Gasteiger charge is -2.26. The topological polar surface area (TPSA) is 67.4 Å². The highest BCUT2D eigenvalue weighted by Gasteiger charge is 2.31. The van der Waals surface area contributed by atoms with Crippen LogP contribution in [-0.4, -0.2) is 18.4 Å². The molecule has 0 unspecified atom stereocenters. The largest absolute Gasteiger partial charge is 0.493 e. The molecule has 0 spiro atoms. The second kappa shape index (κ2) is 7.48. The number of fused-ring (bicyclic) bond motifs is 1. The fraction of sp³-hybridized carbons (Fsp3) is 0.222. The SMILES string of the molecule is O=C(Nc1cc(C(F)(F)F)ccc1Cl)C(=O)N[C@@H]1CCOc2ccccc21. The van der Waals surface area contributed by atoms with Crippen LogP contribution in [0.2, 0.25) is 5.02 Å². The molecule has 2 N–H and O–H groups in total. The van der Waals surface area contributed by atoms with Gasteiger partial charge in [0, 0.05) is 12.0 Å². The second-order valence-corrected chi connectivity index (χ2v) is 6.25. The maximum atomic E-state index is 12.8. The van der Waals surface area contributed by atoms with Crippen molar-refractivity contribution in [3.8, 4) is 5.75 Å². The predicted molar refractivity (Wildman–Crippen MR) is 92.5 cm³/mol. The van der Waals surface area contributed by atoms with Gasteiger partial charge in [0.25, 0.3) is 0 Å². The smallest absolute Gasteiger partial charge is 0.416 e. The van der Waals surface area contributed by atoms with Crippen molar-refractivity contribution in [2.75, 3.05) is 11.9 Å². The van der Waals surface area contributed by atoms with Gasteiger partial charge in [0.2, 0.25) is 0 Å². The number of anilines is 1. The van der Waals surface area contributed by atoms with Crippen LogP contribution in [0.15, 0.2) is 42.5 Å². The molecule has 3 rings (SSSR count). The van der Waals surface area contributed by atoms with Crippen LogP contribution in [0.4, 0.5) is 18.9 Å². The van der Waals surface area contributed by atoms with E-state index in [1.54, 1.807) is 24.3 Å². The average molecular weight is 399 g/mol. The first-order valence-electron chi connectivity index (χ1n) is 7.96. The van der Waals surface area contributed by atoms with Crippen LogP contribution < -0.4 is 15.4 Å². The van der Waals surface area contributed by atoms with E-state index in [-0.39, 0.29) is 10.7 Å². The number of alkyl halides is 3. The molecule has 1 atom stereocenters. The summed E-state index contributed by atoms with van der Waals surface area (Å²) in [5, 5.41) is 4.57. The van der Waals surface area contributed by atoms with E-state index in [1.807, 2.05) is 0 Å². The minimum absolute atomic E-state index is 0.111. The molecule has 0 bridgehead atoms. The lowest BCUT2D eigenvalue weighted by molar-refractivity contribution is -0.137. The summed E-state index contributed by atoms with van der Waals surface area (Å²) >= 11 is 5.82. The third-order valence-electron chi connectivity index (χ3n) is 4.01. The van der Waals surface area contributed by atoms with E-state index in [0.717, 1.165) is 17.7 Å². The van der Waals surface area contributed by atoms with Crippen LogP contribution in [0.5, 0.6) is 5.75 Å². The quantitative estimate of drug-likeness (QED) is 0.753. The van der Waals surface area contributed by atoms with Crippen LogP contribution in [-0.2, 0) is 15.8 Å². The molecular weight excluding hydrogens is 385 g/mol. The van der Waals surface area contributed by atoms with Crippen molar-refractivity contribution in [1.82, 2.24) is 5.32 Å². The van der Waals surface area contributed by atoms with Crippen LogP contribution in [0, 0.1) is 0 Å². The molecule has 142 valence electrons. The highest BCUT2D eigenvalue weighted by molar-refractivity contribution is 6.41. The Morgan fingerprint density at radius 3 is 2.59 bits per heavy atom. The van der Waals surface area contributed by atoms with Crippen molar-refractivity contribution in [1.29, 1.82) is 0 Å². The van der Waals surface area contributed by atoms with Crippen molar-refractivity contribution in [3.63, 3.8) is 0 Å². The molecule has 2 aromatic carbocycles. The Bertz CT molecular complexity index is 886. The standard InChI is InChI=1S/C18H14ClF3N2O3/c19-12-6-5-10(18(20,21)22)9-14(12)24-17(26)16(25)23-13-7-8-27-15-4-2-1-3-11(13)15/h1-6,9,13H,7-8H2,(H,23,25)(H,24,26)/t13-/m1/s1. The third-order valence-corrected chi connectivity index (χ3v) is 4.34. The van der Waals surface area contributed by atoms with Crippen molar-refractivity contribution in [2.45, 2.75) is 18.6 Å². The molecule has 0 saturated carbocycles. The Morgan fingerprint density at radius 1 is 1.11 bits per heavy atom. The summed E-state index contributed by atoms with van der Waals surface area (Å²) in [7, 11) is 0. The molecule has 0 saturated heterocycles. The summed E-state index contributed by atoms with van der Waals surface area (Å²) in [5.41, 5.74) is -0.554. The Kier molecular flexibility index (Phi) is 5.27. The van der Waals surface area contributed by atoms with Crippen LogP contribution in [0.3, 0.4) is 0 Å². The molecule has 1 aliphatic rings. The molecule has 27 heavy (non-hydrogen) atoms. The van der Waals surface area contributed by atoms with Crippen LogP contribution in [0.25, 0.3) is 0 Å². The lowest BCUT2D eigenvalue weighted by atomic mass is 10.0. The minimum Gasteiger partial charge on any atom is -0.493 e. The molecule has 9 heteroatoms. The van der Waals surface area contributed by atoms with Crippen LogP contribution >= 0.6 is 11.6 Å². The second-order valence-electron chi connectivity index (χ2n) is 5.85. The number of hydrogen-bond acceptors (Lipinski definition) is 3. The number of amides is 2. The highest BCUT2D eigenvalue weighted by atomic mass is 35.5. The summed E-state index contributed by atoms with van der Waals surface area (Å²) in [6, 6.07) is 9.10. The number of rotatable bonds is 2. The van der Waals surface area contributed by atoms with Crippen LogP contribution in [0.1, 0.15) is 23.6 Å². The molecule has 5 nitrogen and oxygen atoms in total. The summed E-state index contributed by atoms with van der Waals surface area (Å²) in [4.78, 5) is 24.3. The Hall–Kier alpha value is -2.74. The van der Waals surface area contributed by atoms with Gasteiger partial charge in [0.05, 0.1) is 28.9 Å². The summed E-state index contributed by atoms with van der Waals surface area (Å²) in [6.45, 7) is 0.364. The van der Waals surface area contributed by atoms with Crippen molar-refractivity contribution in [3.05, 3.63) is 58.6 Å². The highest BCUT2D eigenvalue weighted by Crippen LogP contribution is 2.34. The molecule has 1 heterocycles.